The van der Waals surface area contributed by atoms with Gasteiger partial charge in [0.25, 0.3) is 0 Å². The summed E-state index contributed by atoms with van der Waals surface area (Å²) >= 11 is 6.00. The van der Waals surface area contributed by atoms with E-state index >= 15 is 0 Å². The molecule has 0 spiro atoms. The lowest BCUT2D eigenvalue weighted by molar-refractivity contribution is -0.135. The summed E-state index contributed by atoms with van der Waals surface area (Å²) in [7, 11) is 1.60. The van der Waals surface area contributed by atoms with Gasteiger partial charge in [0.15, 0.2) is 0 Å². The van der Waals surface area contributed by atoms with Gasteiger partial charge in [0, 0.05) is 40.2 Å². The lowest BCUT2D eigenvalue weighted by Crippen LogP contribution is -2.51. The van der Waals surface area contributed by atoms with Gasteiger partial charge in [0.2, 0.25) is 17.7 Å². The molecule has 1 fully saturated rings. The van der Waals surface area contributed by atoms with E-state index in [1.165, 1.54) is 4.90 Å². The highest BCUT2D eigenvalue weighted by Gasteiger charge is 2.22. The van der Waals surface area contributed by atoms with E-state index in [4.69, 9.17) is 11.6 Å². The van der Waals surface area contributed by atoms with Gasteiger partial charge in [-0.3, -0.25) is 19.3 Å². The minimum Gasteiger partial charge on any atom is -0.340 e. The van der Waals surface area contributed by atoms with Crippen LogP contribution in [0.3, 0.4) is 0 Å². The van der Waals surface area contributed by atoms with Crippen LogP contribution in [0.4, 0.5) is 5.69 Å². The number of rotatable bonds is 5. The second kappa shape index (κ2) is 8.82. The van der Waals surface area contributed by atoms with Crippen molar-refractivity contribution in [2.24, 2.45) is 0 Å². The van der Waals surface area contributed by atoms with Gasteiger partial charge in [-0.25, -0.2) is 0 Å². The number of likely N-dealkylation sites (N-methyl/N-ethyl adjacent to an activating group) is 1. The standard InChI is InChI=1S/C17H23ClN4O3/c1-13(23)22-9-7-21(8-10-22)12-17(25)20(2)11-16(24)19-15-6-4-3-5-14(15)18/h3-6H,7-12H2,1-2H3,(H,19,24). The molecule has 3 amide bonds. The second-order valence-electron chi connectivity index (χ2n) is 6.06. The van der Waals surface area contributed by atoms with Crippen LogP contribution < -0.4 is 5.32 Å². The summed E-state index contributed by atoms with van der Waals surface area (Å²) in [6.45, 7) is 4.31. The molecule has 0 unspecified atom stereocenters. The fourth-order valence-electron chi connectivity index (χ4n) is 2.59. The predicted octanol–water partition coefficient (Wildman–Crippen LogP) is 0.901. The predicted molar refractivity (Wildman–Crippen MR) is 96.4 cm³/mol. The Labute approximate surface area is 152 Å². The summed E-state index contributed by atoms with van der Waals surface area (Å²) in [5.74, 6) is -0.379. The van der Waals surface area contributed by atoms with Crippen LogP contribution in [0.1, 0.15) is 6.92 Å². The molecule has 7 nitrogen and oxygen atoms in total. The molecule has 1 aromatic carbocycles. The molecule has 0 saturated carbocycles. The third-order valence-corrected chi connectivity index (χ3v) is 4.46. The van der Waals surface area contributed by atoms with Crippen molar-refractivity contribution in [3.63, 3.8) is 0 Å². The van der Waals surface area contributed by atoms with Crippen LogP contribution in [0, 0.1) is 0 Å². The summed E-state index contributed by atoms with van der Waals surface area (Å²) in [5, 5.41) is 3.15. The molecule has 0 aliphatic carbocycles. The summed E-state index contributed by atoms with van der Waals surface area (Å²) in [6.07, 6.45) is 0. The Morgan fingerprint density at radius 2 is 1.80 bits per heavy atom. The van der Waals surface area contributed by atoms with Crippen molar-refractivity contribution in [2.45, 2.75) is 6.92 Å². The van der Waals surface area contributed by atoms with E-state index in [1.54, 1.807) is 43.1 Å². The Morgan fingerprint density at radius 3 is 2.40 bits per heavy atom. The van der Waals surface area contributed by atoms with E-state index in [9.17, 15) is 14.4 Å². The van der Waals surface area contributed by atoms with Gasteiger partial charge in [-0.1, -0.05) is 23.7 Å². The van der Waals surface area contributed by atoms with Crippen molar-refractivity contribution in [2.75, 3.05) is 51.6 Å². The molecule has 1 heterocycles. The Morgan fingerprint density at radius 1 is 1.16 bits per heavy atom. The van der Waals surface area contributed by atoms with Crippen LogP contribution in [0.25, 0.3) is 0 Å². The lowest BCUT2D eigenvalue weighted by atomic mass is 10.3. The van der Waals surface area contributed by atoms with E-state index < -0.39 is 0 Å². The number of anilines is 1. The molecular weight excluding hydrogens is 344 g/mol. The highest BCUT2D eigenvalue weighted by Crippen LogP contribution is 2.20. The Hall–Kier alpha value is -2.12. The Bertz CT molecular complexity index is 645. The molecule has 1 aromatic rings. The highest BCUT2D eigenvalue weighted by molar-refractivity contribution is 6.33. The van der Waals surface area contributed by atoms with Gasteiger partial charge in [-0.05, 0) is 12.1 Å². The lowest BCUT2D eigenvalue weighted by Gasteiger charge is -2.34. The SMILES string of the molecule is CC(=O)N1CCN(CC(=O)N(C)CC(=O)Nc2ccccc2Cl)CC1. The van der Waals surface area contributed by atoms with E-state index in [0.717, 1.165) is 0 Å². The number of nitrogens with zero attached hydrogens (tertiary/aromatic N) is 3. The number of hydrogen-bond acceptors (Lipinski definition) is 4. The number of benzene rings is 1. The molecule has 136 valence electrons. The fourth-order valence-corrected chi connectivity index (χ4v) is 2.77. The fraction of sp³-hybridized carbons (Fsp3) is 0.471. The first-order valence-electron chi connectivity index (χ1n) is 8.13. The first-order chi connectivity index (χ1) is 11.9. The largest absolute Gasteiger partial charge is 0.340 e. The molecule has 0 bridgehead atoms. The molecule has 25 heavy (non-hydrogen) atoms. The molecule has 2 rings (SSSR count). The summed E-state index contributed by atoms with van der Waals surface area (Å²) in [4.78, 5) is 40.8. The molecule has 8 heteroatoms. The van der Waals surface area contributed by atoms with Gasteiger partial charge in [0.1, 0.15) is 0 Å². The maximum Gasteiger partial charge on any atom is 0.244 e. The molecule has 0 radical (unpaired) electrons. The van der Waals surface area contributed by atoms with Crippen LogP contribution in [0.2, 0.25) is 5.02 Å². The number of piperazine rings is 1. The minimum atomic E-state index is -0.301. The van der Waals surface area contributed by atoms with E-state index in [1.807, 2.05) is 4.90 Å². The number of hydrogen-bond donors (Lipinski definition) is 1. The highest BCUT2D eigenvalue weighted by atomic mass is 35.5. The quantitative estimate of drug-likeness (QED) is 0.840. The normalized spacial score (nSPS) is 14.9. The van der Waals surface area contributed by atoms with Gasteiger partial charge >= 0.3 is 0 Å². The molecule has 1 N–H and O–H groups in total. The monoisotopic (exact) mass is 366 g/mol. The summed E-state index contributed by atoms with van der Waals surface area (Å²) in [5.41, 5.74) is 0.523. The molecule has 1 saturated heterocycles. The smallest absolute Gasteiger partial charge is 0.244 e. The number of nitrogens with one attached hydrogen (secondary N) is 1. The average Bonchev–Trinajstić information content (AvgIpc) is 2.57. The number of amides is 3. The molecule has 0 atom stereocenters. The second-order valence-corrected chi connectivity index (χ2v) is 6.47. The Kier molecular flexibility index (Phi) is 6.78. The first-order valence-corrected chi connectivity index (χ1v) is 8.51. The third-order valence-electron chi connectivity index (χ3n) is 4.13. The third kappa shape index (κ3) is 5.72. The molecule has 1 aliphatic heterocycles. The average molecular weight is 367 g/mol. The van der Waals surface area contributed by atoms with Crippen molar-refractivity contribution in [1.29, 1.82) is 0 Å². The zero-order valence-corrected chi connectivity index (χ0v) is 15.3. The maximum absolute atomic E-state index is 12.3. The molecular formula is C17H23ClN4O3. The zero-order chi connectivity index (χ0) is 18.4. The van der Waals surface area contributed by atoms with Crippen LogP contribution in [-0.2, 0) is 14.4 Å². The van der Waals surface area contributed by atoms with Crippen LogP contribution in [0.15, 0.2) is 24.3 Å². The minimum absolute atomic E-state index is 0.0442. The Balaban J connectivity index is 1.77. The van der Waals surface area contributed by atoms with Gasteiger partial charge in [-0.15, -0.1) is 0 Å². The van der Waals surface area contributed by atoms with Crippen LogP contribution >= 0.6 is 11.6 Å². The van der Waals surface area contributed by atoms with Gasteiger partial charge in [-0.2, -0.15) is 0 Å². The topological polar surface area (TPSA) is 73.0 Å². The maximum atomic E-state index is 12.3. The number of para-hydroxylation sites is 1. The van der Waals surface area contributed by atoms with Crippen molar-refractivity contribution in [3.05, 3.63) is 29.3 Å². The van der Waals surface area contributed by atoms with Crippen molar-refractivity contribution in [3.8, 4) is 0 Å². The molecule has 1 aliphatic rings. The summed E-state index contributed by atoms with van der Waals surface area (Å²) in [6, 6.07) is 6.94. The zero-order valence-electron chi connectivity index (χ0n) is 14.5. The first kappa shape index (κ1) is 19.2. The van der Waals surface area contributed by atoms with Gasteiger partial charge < -0.3 is 15.1 Å². The van der Waals surface area contributed by atoms with Crippen LogP contribution in [0.5, 0.6) is 0 Å². The number of carbonyl (C=O) groups is 3. The van der Waals surface area contributed by atoms with Crippen LogP contribution in [-0.4, -0.2) is 78.7 Å². The van der Waals surface area contributed by atoms with E-state index in [2.05, 4.69) is 5.32 Å². The van der Waals surface area contributed by atoms with E-state index in [-0.39, 0.29) is 30.8 Å². The number of halogens is 1. The van der Waals surface area contributed by atoms with Crippen molar-refractivity contribution in [1.82, 2.24) is 14.7 Å². The summed E-state index contributed by atoms with van der Waals surface area (Å²) < 4.78 is 0. The van der Waals surface area contributed by atoms with E-state index in [0.29, 0.717) is 36.9 Å². The van der Waals surface area contributed by atoms with Crippen molar-refractivity contribution >= 4 is 35.0 Å². The van der Waals surface area contributed by atoms with Gasteiger partial charge in [0.05, 0.1) is 23.8 Å². The molecule has 0 aromatic heterocycles. The van der Waals surface area contributed by atoms with Crippen molar-refractivity contribution < 1.29 is 14.4 Å². The number of carbonyl (C=O) groups excluding carboxylic acids is 3.